The van der Waals surface area contributed by atoms with E-state index in [-0.39, 0.29) is 0 Å². The molecule has 0 aliphatic rings. The fraction of sp³-hybridized carbons (Fsp3) is 0.0200. The molecule has 0 aliphatic carbocycles. The third-order valence-electron chi connectivity index (χ3n) is 9.72. The van der Waals surface area contributed by atoms with Gasteiger partial charge in [0.1, 0.15) is 0 Å². The van der Waals surface area contributed by atoms with E-state index in [0.717, 1.165) is 84.2 Å². The molecule has 0 bridgehead atoms. The van der Waals surface area contributed by atoms with E-state index in [9.17, 15) is 0 Å². The van der Waals surface area contributed by atoms with Crippen molar-refractivity contribution in [3.05, 3.63) is 200 Å². The number of aromatic nitrogens is 5. The van der Waals surface area contributed by atoms with Gasteiger partial charge in [-0.2, -0.15) is 0 Å². The van der Waals surface area contributed by atoms with Gasteiger partial charge in [0, 0.05) is 34.6 Å². The highest BCUT2D eigenvalue weighted by Crippen LogP contribution is 2.32. The quantitative estimate of drug-likeness (QED) is 0.157. The van der Waals surface area contributed by atoms with Crippen LogP contribution in [-0.2, 0) is 0 Å². The van der Waals surface area contributed by atoms with Crippen LogP contribution in [0, 0.1) is 6.92 Å². The number of aryl methyl sites for hydroxylation is 1. The Morgan fingerprint density at radius 1 is 0.291 bits per heavy atom. The van der Waals surface area contributed by atoms with Crippen LogP contribution < -0.4 is 0 Å². The van der Waals surface area contributed by atoms with Gasteiger partial charge in [0.05, 0.1) is 34.2 Å². The molecule has 0 amide bonds. The van der Waals surface area contributed by atoms with Crippen molar-refractivity contribution < 1.29 is 0 Å². The van der Waals surface area contributed by atoms with Crippen LogP contribution in [0.1, 0.15) is 5.56 Å². The van der Waals surface area contributed by atoms with Gasteiger partial charge >= 0.3 is 0 Å². The van der Waals surface area contributed by atoms with Gasteiger partial charge in [-0.3, -0.25) is 9.97 Å². The monoisotopic (exact) mass is 705 g/mol. The van der Waals surface area contributed by atoms with Gasteiger partial charge in [0.15, 0.2) is 5.82 Å². The smallest absolute Gasteiger partial charge is 0.160 e. The number of pyridine rings is 3. The predicted octanol–water partition coefficient (Wildman–Crippen LogP) is 12.3. The topological polar surface area (TPSA) is 64.5 Å². The number of rotatable bonds is 8. The largest absolute Gasteiger partial charge is 0.255 e. The lowest BCUT2D eigenvalue weighted by Gasteiger charge is -2.11. The lowest BCUT2D eigenvalue weighted by molar-refractivity contribution is 1.18. The van der Waals surface area contributed by atoms with Crippen molar-refractivity contribution in [3.8, 4) is 90.1 Å². The summed E-state index contributed by atoms with van der Waals surface area (Å²) in [5.41, 5.74) is 15.9. The van der Waals surface area contributed by atoms with Crippen LogP contribution >= 0.6 is 0 Å². The van der Waals surface area contributed by atoms with Gasteiger partial charge in [-0.25, -0.2) is 15.0 Å². The molecule has 0 fully saturated rings. The van der Waals surface area contributed by atoms with Crippen molar-refractivity contribution in [1.29, 1.82) is 0 Å². The third-order valence-corrected chi connectivity index (χ3v) is 9.72. The van der Waals surface area contributed by atoms with Crippen molar-refractivity contribution in [2.45, 2.75) is 6.92 Å². The van der Waals surface area contributed by atoms with E-state index in [1.165, 1.54) is 5.56 Å². The Kier molecular flexibility index (Phi) is 9.09. The van der Waals surface area contributed by atoms with E-state index in [1.54, 1.807) is 6.20 Å². The second-order valence-corrected chi connectivity index (χ2v) is 13.5. The summed E-state index contributed by atoms with van der Waals surface area (Å²) in [4.78, 5) is 24.4. The molecule has 0 N–H and O–H groups in total. The zero-order chi connectivity index (χ0) is 37.0. The van der Waals surface area contributed by atoms with Gasteiger partial charge < -0.3 is 0 Å². The van der Waals surface area contributed by atoms with Crippen LogP contribution in [0.3, 0.4) is 0 Å². The molecule has 0 spiro atoms. The fourth-order valence-electron chi connectivity index (χ4n) is 6.69. The summed E-state index contributed by atoms with van der Waals surface area (Å²) in [6.07, 6.45) is 3.72. The number of benzene rings is 5. The molecule has 0 saturated carbocycles. The van der Waals surface area contributed by atoms with Gasteiger partial charge in [0.2, 0.25) is 0 Å². The van der Waals surface area contributed by atoms with E-state index in [0.29, 0.717) is 5.82 Å². The summed E-state index contributed by atoms with van der Waals surface area (Å²) in [7, 11) is 0. The third kappa shape index (κ3) is 7.32. The van der Waals surface area contributed by atoms with Crippen LogP contribution in [0.4, 0.5) is 0 Å². The Morgan fingerprint density at radius 2 is 0.764 bits per heavy atom. The molecule has 5 heteroatoms. The number of nitrogens with zero attached hydrogens (tertiary/aromatic N) is 5. The molecule has 5 aromatic carbocycles. The summed E-state index contributed by atoms with van der Waals surface area (Å²) in [6.45, 7) is 2.10. The molecule has 55 heavy (non-hydrogen) atoms. The molecule has 4 heterocycles. The molecule has 9 rings (SSSR count). The van der Waals surface area contributed by atoms with Crippen molar-refractivity contribution in [2.24, 2.45) is 0 Å². The number of hydrogen-bond donors (Lipinski definition) is 0. The van der Waals surface area contributed by atoms with Crippen LogP contribution in [0.25, 0.3) is 90.1 Å². The van der Waals surface area contributed by atoms with Gasteiger partial charge in [-0.1, -0.05) is 151 Å². The summed E-state index contributed by atoms with van der Waals surface area (Å²) in [5, 5.41) is 0. The second-order valence-electron chi connectivity index (χ2n) is 13.5. The lowest BCUT2D eigenvalue weighted by atomic mass is 9.99. The lowest BCUT2D eigenvalue weighted by Crippen LogP contribution is -1.95. The van der Waals surface area contributed by atoms with E-state index in [1.807, 2.05) is 79.0 Å². The van der Waals surface area contributed by atoms with Crippen LogP contribution in [0.15, 0.2) is 194 Å². The van der Waals surface area contributed by atoms with E-state index in [2.05, 4.69) is 121 Å². The molecule has 0 unspecified atom stereocenters. The first-order valence-corrected chi connectivity index (χ1v) is 18.3. The first-order valence-electron chi connectivity index (χ1n) is 18.3. The molecular weight excluding hydrogens is 671 g/mol. The second kappa shape index (κ2) is 14.9. The van der Waals surface area contributed by atoms with E-state index < -0.39 is 0 Å². The Balaban J connectivity index is 0.968. The molecule has 4 aromatic heterocycles. The highest BCUT2D eigenvalue weighted by Gasteiger charge is 2.13. The molecule has 260 valence electrons. The minimum Gasteiger partial charge on any atom is -0.255 e. The van der Waals surface area contributed by atoms with Crippen molar-refractivity contribution >= 4 is 0 Å². The number of hydrogen-bond acceptors (Lipinski definition) is 5. The van der Waals surface area contributed by atoms with Crippen molar-refractivity contribution in [3.63, 3.8) is 0 Å². The highest BCUT2D eigenvalue weighted by molar-refractivity contribution is 5.77. The van der Waals surface area contributed by atoms with E-state index in [4.69, 9.17) is 19.9 Å². The fourth-order valence-corrected chi connectivity index (χ4v) is 6.69. The Hall–Kier alpha value is -7.37. The average molecular weight is 706 g/mol. The van der Waals surface area contributed by atoms with Crippen molar-refractivity contribution in [1.82, 2.24) is 24.9 Å². The zero-order valence-electron chi connectivity index (χ0n) is 30.2. The van der Waals surface area contributed by atoms with Crippen LogP contribution in [0.5, 0.6) is 0 Å². The maximum atomic E-state index is 4.99. The van der Waals surface area contributed by atoms with Crippen molar-refractivity contribution in [2.75, 3.05) is 0 Å². The maximum Gasteiger partial charge on any atom is 0.160 e. The summed E-state index contributed by atoms with van der Waals surface area (Å²) < 4.78 is 0. The molecule has 0 radical (unpaired) electrons. The molecular formula is C50H35N5. The van der Waals surface area contributed by atoms with Crippen LogP contribution in [-0.4, -0.2) is 24.9 Å². The predicted molar refractivity (Wildman–Crippen MR) is 224 cm³/mol. The molecule has 9 aromatic rings. The normalized spacial score (nSPS) is 11.0. The summed E-state index contributed by atoms with van der Waals surface area (Å²) in [5.74, 6) is 0.709. The first kappa shape index (κ1) is 33.5. The van der Waals surface area contributed by atoms with Gasteiger partial charge in [0.25, 0.3) is 0 Å². The van der Waals surface area contributed by atoms with Gasteiger partial charge in [-0.05, 0) is 71.1 Å². The minimum atomic E-state index is 0.709. The molecule has 0 atom stereocenters. The zero-order valence-corrected chi connectivity index (χ0v) is 30.2. The standard InChI is InChI=1S/C50H35N5/c1-34-15-17-38(18-16-34)43-30-48(44-14-8-9-29-51-44)53-49(31-43)45-28-27-42(33-52-45)37-21-19-35(20-22-37)36-23-25-40(26-24-36)47-32-46(39-10-4-2-5-11-39)54-50(55-47)41-12-6-3-7-13-41/h2-33H,1H3. The molecule has 0 aliphatic heterocycles. The highest BCUT2D eigenvalue weighted by atomic mass is 14.9. The van der Waals surface area contributed by atoms with E-state index >= 15 is 0 Å². The summed E-state index contributed by atoms with van der Waals surface area (Å²) in [6, 6.07) is 62.5. The first-order chi connectivity index (χ1) is 27.1. The molecule has 0 saturated heterocycles. The maximum absolute atomic E-state index is 4.99. The SMILES string of the molecule is Cc1ccc(-c2cc(-c3ccccn3)nc(-c3ccc(-c4ccc(-c5ccc(-c6cc(-c7ccccc7)nc(-c7ccccc7)n6)cc5)cc4)cn3)c2)cc1. The summed E-state index contributed by atoms with van der Waals surface area (Å²) >= 11 is 0. The van der Waals surface area contributed by atoms with Gasteiger partial charge in [-0.15, -0.1) is 0 Å². The Morgan fingerprint density at radius 3 is 1.33 bits per heavy atom. The Bertz CT molecular complexity index is 2640. The minimum absolute atomic E-state index is 0.709. The molecule has 5 nitrogen and oxygen atoms in total. The Labute approximate surface area is 320 Å². The average Bonchev–Trinajstić information content (AvgIpc) is 3.27. The van der Waals surface area contributed by atoms with Crippen LogP contribution in [0.2, 0.25) is 0 Å².